The van der Waals surface area contributed by atoms with Crippen molar-refractivity contribution in [3.8, 4) is 33.3 Å². The number of thiophene rings is 1. The molecule has 0 radical (unpaired) electrons. The highest BCUT2D eigenvalue weighted by molar-refractivity contribution is 7.16. The molecule has 9 heteroatoms. The van der Waals surface area contributed by atoms with Crippen molar-refractivity contribution in [2.75, 3.05) is 13.2 Å². The molecule has 3 aromatic heterocycles. The summed E-state index contributed by atoms with van der Waals surface area (Å²) in [7, 11) is 0. The highest BCUT2D eigenvalue weighted by Gasteiger charge is 2.33. The molecule has 3 aromatic rings. The molecule has 160 valence electrons. The second-order valence-electron chi connectivity index (χ2n) is 7.12. The lowest BCUT2D eigenvalue weighted by molar-refractivity contribution is -0.141. The quantitative estimate of drug-likeness (QED) is 0.453. The van der Waals surface area contributed by atoms with E-state index in [2.05, 4.69) is 17.0 Å². The normalized spacial score (nSPS) is 13.6. The molecular formula is C21H22F3N3O2S. The summed E-state index contributed by atoms with van der Waals surface area (Å²) < 4.78 is 50.1. The van der Waals surface area contributed by atoms with Crippen LogP contribution in [0.4, 0.5) is 13.2 Å². The number of nitrogens with zero attached hydrogens (tertiary/aromatic N) is 2. The Bertz CT molecular complexity index is 996. The smallest absolute Gasteiger partial charge is 0.432 e. The van der Waals surface area contributed by atoms with Crippen molar-refractivity contribution in [2.24, 2.45) is 0 Å². The number of fused-ring (bicyclic) bond motifs is 1. The number of hydrogen-bond donors (Lipinski definition) is 1. The molecule has 1 aliphatic heterocycles. The van der Waals surface area contributed by atoms with Crippen molar-refractivity contribution in [1.29, 1.82) is 0 Å². The predicted molar refractivity (Wildman–Crippen MR) is 109 cm³/mol. The van der Waals surface area contributed by atoms with Crippen molar-refractivity contribution in [2.45, 2.75) is 45.2 Å². The first-order chi connectivity index (χ1) is 14.5. The first-order valence-electron chi connectivity index (χ1n) is 9.98. The molecule has 4 rings (SSSR count). The van der Waals surface area contributed by atoms with Crippen molar-refractivity contribution >= 4 is 11.3 Å². The summed E-state index contributed by atoms with van der Waals surface area (Å²) in [6.45, 7) is 3.21. The van der Waals surface area contributed by atoms with Crippen LogP contribution in [0.1, 0.15) is 43.2 Å². The first-order valence-corrected chi connectivity index (χ1v) is 10.8. The molecule has 0 aromatic carbocycles. The maximum atomic E-state index is 12.8. The summed E-state index contributed by atoms with van der Waals surface area (Å²) >= 11 is 1.64. The maximum Gasteiger partial charge on any atom is 0.432 e. The van der Waals surface area contributed by atoms with Gasteiger partial charge >= 0.3 is 6.18 Å². The molecule has 0 bridgehead atoms. The molecule has 1 N–H and O–H groups in total. The Morgan fingerprint density at radius 2 is 1.87 bits per heavy atom. The van der Waals surface area contributed by atoms with Gasteiger partial charge in [0.2, 0.25) is 0 Å². The van der Waals surface area contributed by atoms with Gasteiger partial charge in [-0.2, -0.15) is 18.3 Å². The van der Waals surface area contributed by atoms with Gasteiger partial charge in [-0.3, -0.25) is 10.1 Å². The van der Waals surface area contributed by atoms with Gasteiger partial charge in [0.15, 0.2) is 11.5 Å². The second kappa shape index (κ2) is 8.67. The molecule has 0 aliphatic carbocycles. The number of halogens is 3. The average molecular weight is 437 g/mol. The molecule has 0 spiro atoms. The third-order valence-electron chi connectivity index (χ3n) is 4.90. The first kappa shape index (κ1) is 20.7. The molecule has 0 fully saturated rings. The molecule has 0 atom stereocenters. The van der Waals surface area contributed by atoms with Crippen LogP contribution >= 0.6 is 11.3 Å². The average Bonchev–Trinajstić information content (AvgIpc) is 3.37. The second-order valence-corrected chi connectivity index (χ2v) is 8.22. The van der Waals surface area contributed by atoms with Gasteiger partial charge in [0.05, 0.1) is 15.4 Å². The molecule has 0 amide bonds. The van der Waals surface area contributed by atoms with E-state index in [1.807, 2.05) is 11.2 Å². The number of rotatable bonds is 7. The van der Waals surface area contributed by atoms with Crippen LogP contribution < -0.4 is 9.47 Å². The fourth-order valence-electron chi connectivity index (χ4n) is 3.35. The van der Waals surface area contributed by atoms with E-state index in [4.69, 9.17) is 9.47 Å². The molecule has 0 unspecified atom stereocenters. The fraction of sp³-hybridized carbons (Fsp3) is 0.429. The van der Waals surface area contributed by atoms with Crippen LogP contribution in [0.15, 0.2) is 24.4 Å². The van der Waals surface area contributed by atoms with Crippen LogP contribution in [0.2, 0.25) is 0 Å². The minimum absolute atomic E-state index is 0.151. The lowest BCUT2D eigenvalue weighted by atomic mass is 10.1. The Morgan fingerprint density at radius 1 is 1.07 bits per heavy atom. The number of aromatic amines is 1. The van der Waals surface area contributed by atoms with Crippen molar-refractivity contribution in [3.05, 3.63) is 35.0 Å². The van der Waals surface area contributed by atoms with Gasteiger partial charge in [-0.25, -0.2) is 0 Å². The highest BCUT2D eigenvalue weighted by atomic mass is 32.1. The molecule has 1 aliphatic rings. The number of H-pyrrole nitrogens is 1. The zero-order valence-electron chi connectivity index (χ0n) is 16.5. The summed E-state index contributed by atoms with van der Waals surface area (Å²) in [4.78, 5) is 6.43. The van der Waals surface area contributed by atoms with E-state index in [-0.39, 0.29) is 5.69 Å². The third kappa shape index (κ3) is 4.30. The largest absolute Gasteiger partial charge is 0.485 e. The minimum Gasteiger partial charge on any atom is -0.485 e. The SMILES string of the molecule is CCCCCCc1sc(-c2ccc(-c3cc(C(F)(F)F)[nH]n3)nc2)c2c1OCCO2. The molecule has 0 saturated carbocycles. The van der Waals surface area contributed by atoms with Crippen LogP contribution in [0.5, 0.6) is 11.5 Å². The van der Waals surface area contributed by atoms with Gasteiger partial charge in [-0.05, 0) is 31.0 Å². The molecular weight excluding hydrogens is 415 g/mol. The number of unbranched alkanes of at least 4 members (excludes halogenated alkanes) is 3. The van der Waals surface area contributed by atoms with Gasteiger partial charge in [0.25, 0.3) is 0 Å². The number of aryl methyl sites for hydroxylation is 1. The zero-order valence-corrected chi connectivity index (χ0v) is 17.3. The number of aromatic nitrogens is 3. The highest BCUT2D eigenvalue weighted by Crippen LogP contribution is 2.49. The molecule has 4 heterocycles. The van der Waals surface area contributed by atoms with Gasteiger partial charge in [0, 0.05) is 11.8 Å². The number of alkyl halides is 3. The summed E-state index contributed by atoms with van der Waals surface area (Å²) in [5.41, 5.74) is 0.469. The number of nitrogens with one attached hydrogen (secondary N) is 1. The Kier molecular flexibility index (Phi) is 5.99. The van der Waals surface area contributed by atoms with Gasteiger partial charge in [0.1, 0.15) is 24.6 Å². The Balaban J connectivity index is 1.58. The third-order valence-corrected chi connectivity index (χ3v) is 6.16. The Labute approximate surface area is 176 Å². The van der Waals surface area contributed by atoms with Crippen LogP contribution in [0, 0.1) is 0 Å². The van der Waals surface area contributed by atoms with Gasteiger partial charge in [-0.15, -0.1) is 11.3 Å². The van der Waals surface area contributed by atoms with Gasteiger partial charge < -0.3 is 9.47 Å². The van der Waals surface area contributed by atoms with Crippen LogP contribution in [0.3, 0.4) is 0 Å². The van der Waals surface area contributed by atoms with Crippen LogP contribution in [-0.4, -0.2) is 28.4 Å². The molecule has 5 nitrogen and oxygen atoms in total. The minimum atomic E-state index is -4.47. The van der Waals surface area contributed by atoms with E-state index in [1.165, 1.54) is 24.1 Å². The van der Waals surface area contributed by atoms with Crippen molar-refractivity contribution in [1.82, 2.24) is 15.2 Å². The number of ether oxygens (including phenoxy) is 2. The van der Waals surface area contributed by atoms with Crippen molar-refractivity contribution < 1.29 is 22.6 Å². The topological polar surface area (TPSA) is 60.0 Å². The maximum absolute atomic E-state index is 12.8. The lowest BCUT2D eigenvalue weighted by Gasteiger charge is -2.17. The molecule has 0 saturated heterocycles. The Morgan fingerprint density at radius 3 is 2.53 bits per heavy atom. The van der Waals surface area contributed by atoms with E-state index in [0.29, 0.717) is 18.9 Å². The predicted octanol–water partition coefficient (Wildman–Crippen LogP) is 6.11. The standard InChI is InChI=1S/C21H22F3N3O2S/c1-2-3-4-5-6-16-18-19(29-10-9-28-18)20(30-16)13-7-8-14(25-12-13)15-11-17(27-26-15)21(22,23)24/h7-8,11-12H,2-6,9-10H2,1H3,(H,26,27). The summed E-state index contributed by atoms with van der Waals surface area (Å²) in [6.07, 6.45) is 2.79. The van der Waals surface area contributed by atoms with E-state index in [1.54, 1.807) is 23.6 Å². The summed E-state index contributed by atoms with van der Waals surface area (Å²) in [6, 6.07) is 4.46. The van der Waals surface area contributed by atoms with Crippen LogP contribution in [-0.2, 0) is 12.6 Å². The van der Waals surface area contributed by atoms with Gasteiger partial charge in [-0.1, -0.05) is 26.2 Å². The monoisotopic (exact) mass is 437 g/mol. The number of hydrogen-bond acceptors (Lipinski definition) is 5. The summed E-state index contributed by atoms with van der Waals surface area (Å²) in [5.74, 6) is 1.56. The molecule has 30 heavy (non-hydrogen) atoms. The zero-order chi connectivity index (χ0) is 21.1. The van der Waals surface area contributed by atoms with Crippen LogP contribution in [0.25, 0.3) is 21.8 Å². The van der Waals surface area contributed by atoms with E-state index in [0.717, 1.165) is 40.8 Å². The lowest BCUT2D eigenvalue weighted by Crippen LogP contribution is -2.15. The Hall–Kier alpha value is -2.55. The fourth-order valence-corrected chi connectivity index (χ4v) is 4.58. The summed E-state index contributed by atoms with van der Waals surface area (Å²) in [5, 5.41) is 5.74. The number of pyridine rings is 1. The van der Waals surface area contributed by atoms with Crippen molar-refractivity contribution in [3.63, 3.8) is 0 Å². The van der Waals surface area contributed by atoms with E-state index < -0.39 is 11.9 Å². The van der Waals surface area contributed by atoms with E-state index in [9.17, 15) is 13.2 Å². The van der Waals surface area contributed by atoms with E-state index >= 15 is 0 Å².